The van der Waals surface area contributed by atoms with E-state index in [0.29, 0.717) is 17.0 Å². The SMILES string of the molecule is COc1ccccc1NC(=O)c1ccccc1Sc1ccccc1. The van der Waals surface area contributed by atoms with Gasteiger partial charge in [0, 0.05) is 9.79 Å². The maximum Gasteiger partial charge on any atom is 0.256 e. The van der Waals surface area contributed by atoms with Crippen LogP contribution in [0.3, 0.4) is 0 Å². The lowest BCUT2D eigenvalue weighted by Gasteiger charge is -2.12. The zero-order valence-electron chi connectivity index (χ0n) is 13.2. The van der Waals surface area contributed by atoms with E-state index in [1.54, 1.807) is 18.9 Å². The van der Waals surface area contributed by atoms with Crippen LogP contribution in [-0.2, 0) is 0 Å². The van der Waals surface area contributed by atoms with Crippen molar-refractivity contribution in [3.8, 4) is 5.75 Å². The predicted octanol–water partition coefficient (Wildman–Crippen LogP) is 5.10. The van der Waals surface area contributed by atoms with Crippen LogP contribution in [-0.4, -0.2) is 13.0 Å². The lowest BCUT2D eigenvalue weighted by atomic mass is 10.2. The van der Waals surface area contributed by atoms with E-state index in [0.717, 1.165) is 9.79 Å². The average molecular weight is 335 g/mol. The highest BCUT2D eigenvalue weighted by Gasteiger charge is 2.14. The molecule has 3 nitrogen and oxygen atoms in total. The van der Waals surface area contributed by atoms with Crippen molar-refractivity contribution in [3.63, 3.8) is 0 Å². The van der Waals surface area contributed by atoms with E-state index in [9.17, 15) is 4.79 Å². The number of anilines is 1. The summed E-state index contributed by atoms with van der Waals surface area (Å²) in [7, 11) is 1.59. The van der Waals surface area contributed by atoms with Crippen molar-refractivity contribution in [1.82, 2.24) is 0 Å². The number of rotatable bonds is 5. The summed E-state index contributed by atoms with van der Waals surface area (Å²) in [4.78, 5) is 14.7. The second-order valence-electron chi connectivity index (χ2n) is 5.07. The first-order valence-electron chi connectivity index (χ1n) is 7.54. The fraction of sp³-hybridized carbons (Fsp3) is 0.0500. The molecule has 0 aliphatic carbocycles. The Labute approximate surface area is 145 Å². The molecule has 24 heavy (non-hydrogen) atoms. The highest BCUT2D eigenvalue weighted by Crippen LogP contribution is 2.31. The van der Waals surface area contributed by atoms with Crippen molar-refractivity contribution in [1.29, 1.82) is 0 Å². The van der Waals surface area contributed by atoms with Gasteiger partial charge in [-0.1, -0.05) is 54.2 Å². The van der Waals surface area contributed by atoms with Gasteiger partial charge in [0.05, 0.1) is 18.4 Å². The number of amides is 1. The lowest BCUT2D eigenvalue weighted by molar-refractivity contribution is 0.102. The van der Waals surface area contributed by atoms with Crippen LogP contribution < -0.4 is 10.1 Å². The van der Waals surface area contributed by atoms with Gasteiger partial charge in [-0.15, -0.1) is 0 Å². The molecule has 0 radical (unpaired) electrons. The molecule has 0 unspecified atom stereocenters. The molecule has 3 aromatic rings. The van der Waals surface area contributed by atoms with E-state index < -0.39 is 0 Å². The van der Waals surface area contributed by atoms with Crippen LogP contribution in [0.2, 0.25) is 0 Å². The molecule has 3 rings (SSSR count). The summed E-state index contributed by atoms with van der Waals surface area (Å²) in [5.41, 5.74) is 1.29. The van der Waals surface area contributed by atoms with Crippen LogP contribution in [0.1, 0.15) is 10.4 Å². The molecule has 1 amide bonds. The van der Waals surface area contributed by atoms with E-state index in [1.165, 1.54) is 0 Å². The first kappa shape index (κ1) is 16.1. The molecule has 3 aromatic carbocycles. The third-order valence-corrected chi connectivity index (χ3v) is 4.54. The molecule has 0 fully saturated rings. The zero-order valence-corrected chi connectivity index (χ0v) is 14.0. The molecule has 120 valence electrons. The van der Waals surface area contributed by atoms with Gasteiger partial charge >= 0.3 is 0 Å². The van der Waals surface area contributed by atoms with E-state index in [2.05, 4.69) is 5.32 Å². The van der Waals surface area contributed by atoms with Gasteiger partial charge in [0.25, 0.3) is 5.91 Å². The molecule has 0 saturated heterocycles. The summed E-state index contributed by atoms with van der Waals surface area (Å²) in [5, 5.41) is 2.93. The molecule has 0 atom stereocenters. The third kappa shape index (κ3) is 3.78. The number of nitrogens with one attached hydrogen (secondary N) is 1. The molecule has 1 N–H and O–H groups in total. The minimum Gasteiger partial charge on any atom is -0.495 e. The fourth-order valence-corrected chi connectivity index (χ4v) is 3.26. The van der Waals surface area contributed by atoms with E-state index in [4.69, 9.17) is 4.74 Å². The van der Waals surface area contributed by atoms with Gasteiger partial charge in [-0.2, -0.15) is 0 Å². The van der Waals surface area contributed by atoms with Gasteiger partial charge < -0.3 is 10.1 Å². The quantitative estimate of drug-likeness (QED) is 0.705. The lowest BCUT2D eigenvalue weighted by Crippen LogP contribution is -2.13. The van der Waals surface area contributed by atoms with Gasteiger partial charge in [0.1, 0.15) is 5.75 Å². The fourth-order valence-electron chi connectivity index (χ4n) is 2.30. The molecule has 0 aliphatic rings. The van der Waals surface area contributed by atoms with Crippen LogP contribution in [0.4, 0.5) is 5.69 Å². The molecule has 0 saturated carbocycles. The molecule has 0 bridgehead atoms. The monoisotopic (exact) mass is 335 g/mol. The highest BCUT2D eigenvalue weighted by atomic mass is 32.2. The minimum absolute atomic E-state index is 0.154. The molecule has 0 spiro atoms. The average Bonchev–Trinajstić information content (AvgIpc) is 2.63. The van der Waals surface area contributed by atoms with Crippen molar-refractivity contribution in [2.24, 2.45) is 0 Å². The molecular formula is C20H17NO2S. The van der Waals surface area contributed by atoms with E-state index in [1.807, 2.05) is 78.9 Å². The van der Waals surface area contributed by atoms with E-state index >= 15 is 0 Å². The van der Waals surface area contributed by atoms with Crippen LogP contribution in [0.5, 0.6) is 5.75 Å². The Hall–Kier alpha value is -2.72. The van der Waals surface area contributed by atoms with Crippen molar-refractivity contribution >= 4 is 23.4 Å². The number of para-hydroxylation sites is 2. The number of carbonyl (C=O) groups is 1. The second-order valence-corrected chi connectivity index (χ2v) is 6.18. The number of methoxy groups -OCH3 is 1. The van der Waals surface area contributed by atoms with Crippen LogP contribution in [0, 0.1) is 0 Å². The van der Waals surface area contributed by atoms with Crippen molar-refractivity contribution in [3.05, 3.63) is 84.4 Å². The highest BCUT2D eigenvalue weighted by molar-refractivity contribution is 7.99. The summed E-state index contributed by atoms with van der Waals surface area (Å²) >= 11 is 1.57. The van der Waals surface area contributed by atoms with Crippen LogP contribution in [0.15, 0.2) is 88.7 Å². The number of hydrogen-bond acceptors (Lipinski definition) is 3. The number of carbonyl (C=O) groups excluding carboxylic acids is 1. The number of hydrogen-bond donors (Lipinski definition) is 1. The summed E-state index contributed by atoms with van der Waals surface area (Å²) in [6, 6.07) is 25.0. The Balaban J connectivity index is 1.85. The Morgan fingerprint density at radius 1 is 0.875 bits per heavy atom. The van der Waals surface area contributed by atoms with Gasteiger partial charge in [-0.3, -0.25) is 4.79 Å². The van der Waals surface area contributed by atoms with Gasteiger partial charge in [0.15, 0.2) is 0 Å². The standard InChI is InChI=1S/C20H17NO2S/c1-23-18-13-7-6-12-17(18)21-20(22)16-11-5-8-14-19(16)24-15-9-3-2-4-10-15/h2-14H,1H3,(H,21,22). The van der Waals surface area contributed by atoms with Gasteiger partial charge in [-0.05, 0) is 36.4 Å². The smallest absolute Gasteiger partial charge is 0.256 e. The summed E-state index contributed by atoms with van der Waals surface area (Å²) < 4.78 is 5.29. The van der Waals surface area contributed by atoms with Gasteiger partial charge in [0.2, 0.25) is 0 Å². The summed E-state index contributed by atoms with van der Waals surface area (Å²) in [6.07, 6.45) is 0. The molecule has 0 aliphatic heterocycles. The maximum absolute atomic E-state index is 12.7. The van der Waals surface area contributed by atoms with Crippen LogP contribution in [0.25, 0.3) is 0 Å². The topological polar surface area (TPSA) is 38.3 Å². The van der Waals surface area contributed by atoms with Crippen molar-refractivity contribution < 1.29 is 9.53 Å². The predicted molar refractivity (Wildman–Crippen MR) is 98.0 cm³/mol. The first-order chi connectivity index (χ1) is 11.8. The van der Waals surface area contributed by atoms with E-state index in [-0.39, 0.29) is 5.91 Å². The summed E-state index contributed by atoms with van der Waals surface area (Å²) in [5.74, 6) is 0.484. The normalized spacial score (nSPS) is 10.2. The van der Waals surface area contributed by atoms with Crippen molar-refractivity contribution in [2.45, 2.75) is 9.79 Å². The van der Waals surface area contributed by atoms with Gasteiger partial charge in [-0.25, -0.2) is 0 Å². The third-order valence-electron chi connectivity index (χ3n) is 3.46. The molecule has 0 aromatic heterocycles. The Morgan fingerprint density at radius 3 is 2.33 bits per heavy atom. The Kier molecular flexibility index (Phi) is 5.18. The second kappa shape index (κ2) is 7.70. The number of benzene rings is 3. The molecular weight excluding hydrogens is 318 g/mol. The Morgan fingerprint density at radius 2 is 1.54 bits per heavy atom. The minimum atomic E-state index is -0.154. The zero-order chi connectivity index (χ0) is 16.8. The Bertz CT molecular complexity index is 834. The molecule has 0 heterocycles. The molecule has 4 heteroatoms. The number of ether oxygens (including phenoxy) is 1. The largest absolute Gasteiger partial charge is 0.495 e. The van der Waals surface area contributed by atoms with Crippen molar-refractivity contribution in [2.75, 3.05) is 12.4 Å². The first-order valence-corrected chi connectivity index (χ1v) is 8.36. The summed E-state index contributed by atoms with van der Waals surface area (Å²) in [6.45, 7) is 0. The maximum atomic E-state index is 12.7. The van der Waals surface area contributed by atoms with Crippen LogP contribution >= 0.6 is 11.8 Å².